The van der Waals surface area contributed by atoms with Crippen LogP contribution in [-0.2, 0) is 0 Å². The lowest BCUT2D eigenvalue weighted by atomic mass is 9.98. The topological polar surface area (TPSA) is 41.1 Å². The summed E-state index contributed by atoms with van der Waals surface area (Å²) in [6.45, 7) is 5.96. The molecule has 5 heteroatoms. The van der Waals surface area contributed by atoms with E-state index in [9.17, 15) is 4.39 Å². The van der Waals surface area contributed by atoms with Crippen LogP contribution in [0, 0.1) is 5.82 Å². The van der Waals surface area contributed by atoms with Crippen LogP contribution < -0.4 is 10.2 Å². The summed E-state index contributed by atoms with van der Waals surface area (Å²) >= 11 is 0. The molecule has 1 unspecified atom stereocenters. The van der Waals surface area contributed by atoms with Crippen LogP contribution in [0.15, 0.2) is 6.20 Å². The van der Waals surface area contributed by atoms with Crippen molar-refractivity contribution in [3.63, 3.8) is 0 Å². The number of anilines is 2. The van der Waals surface area contributed by atoms with E-state index in [2.05, 4.69) is 34.0 Å². The number of hydrogen-bond acceptors (Lipinski definition) is 4. The Morgan fingerprint density at radius 3 is 2.95 bits per heavy atom. The summed E-state index contributed by atoms with van der Waals surface area (Å²) in [6, 6.07) is 0.414. The van der Waals surface area contributed by atoms with Crippen molar-refractivity contribution < 1.29 is 4.39 Å². The van der Waals surface area contributed by atoms with Gasteiger partial charge in [-0.3, -0.25) is 0 Å². The van der Waals surface area contributed by atoms with Crippen molar-refractivity contribution in [1.82, 2.24) is 9.97 Å². The minimum Gasteiger partial charge on any atom is -0.354 e. The van der Waals surface area contributed by atoms with Gasteiger partial charge < -0.3 is 10.2 Å². The molecular formula is C15H25FN4. The molecule has 1 atom stereocenters. The molecule has 2 rings (SSSR count). The quantitative estimate of drug-likeness (QED) is 0.864. The zero-order chi connectivity index (χ0) is 14.4. The summed E-state index contributed by atoms with van der Waals surface area (Å²) in [7, 11) is 0. The monoisotopic (exact) mass is 280 g/mol. The molecule has 1 N–H and O–H groups in total. The molecule has 112 valence electrons. The second kappa shape index (κ2) is 7.41. The first-order chi connectivity index (χ1) is 9.76. The molecule has 1 aromatic heterocycles. The highest BCUT2D eigenvalue weighted by molar-refractivity contribution is 5.45. The van der Waals surface area contributed by atoms with Gasteiger partial charge in [0.1, 0.15) is 0 Å². The largest absolute Gasteiger partial charge is 0.354 e. The summed E-state index contributed by atoms with van der Waals surface area (Å²) in [4.78, 5) is 10.6. The van der Waals surface area contributed by atoms with Crippen molar-refractivity contribution in [3.8, 4) is 0 Å². The fourth-order valence-electron chi connectivity index (χ4n) is 2.79. The molecule has 1 aliphatic heterocycles. The summed E-state index contributed by atoms with van der Waals surface area (Å²) in [6.07, 6.45) is 7.98. The van der Waals surface area contributed by atoms with E-state index in [4.69, 9.17) is 0 Å². The van der Waals surface area contributed by atoms with E-state index in [1.54, 1.807) is 0 Å². The summed E-state index contributed by atoms with van der Waals surface area (Å²) < 4.78 is 14.1. The van der Waals surface area contributed by atoms with Crippen LogP contribution in [0.3, 0.4) is 0 Å². The molecule has 2 heterocycles. The number of rotatable bonds is 6. The van der Waals surface area contributed by atoms with Gasteiger partial charge >= 0.3 is 0 Å². The first-order valence-electron chi connectivity index (χ1n) is 7.79. The van der Waals surface area contributed by atoms with E-state index in [0.717, 1.165) is 45.2 Å². The van der Waals surface area contributed by atoms with Gasteiger partial charge in [0, 0.05) is 19.1 Å². The fourth-order valence-corrected chi connectivity index (χ4v) is 2.79. The van der Waals surface area contributed by atoms with Gasteiger partial charge in [0.05, 0.1) is 6.20 Å². The SMILES string of the molecule is CCCNc1ncc(F)c(N2CCCCC2CCC)n1. The van der Waals surface area contributed by atoms with Gasteiger partial charge in [0.15, 0.2) is 11.6 Å². The van der Waals surface area contributed by atoms with E-state index in [0.29, 0.717) is 17.8 Å². The smallest absolute Gasteiger partial charge is 0.224 e. The number of piperidine rings is 1. The van der Waals surface area contributed by atoms with Crippen LogP contribution in [0.25, 0.3) is 0 Å². The maximum absolute atomic E-state index is 14.1. The summed E-state index contributed by atoms with van der Waals surface area (Å²) in [5, 5.41) is 3.13. The van der Waals surface area contributed by atoms with Crippen LogP contribution in [0.1, 0.15) is 52.4 Å². The molecule has 0 saturated carbocycles. The fraction of sp³-hybridized carbons (Fsp3) is 0.733. The lowest BCUT2D eigenvalue weighted by molar-refractivity contribution is 0.425. The van der Waals surface area contributed by atoms with Gasteiger partial charge in [-0.2, -0.15) is 4.98 Å². The lowest BCUT2D eigenvalue weighted by Crippen LogP contribution is -2.40. The van der Waals surface area contributed by atoms with Crippen molar-refractivity contribution in [2.75, 3.05) is 23.3 Å². The van der Waals surface area contributed by atoms with Crippen molar-refractivity contribution in [3.05, 3.63) is 12.0 Å². The number of aromatic nitrogens is 2. The molecule has 1 aliphatic rings. The summed E-state index contributed by atoms with van der Waals surface area (Å²) in [5.74, 6) is 0.691. The number of nitrogens with zero attached hydrogens (tertiary/aromatic N) is 3. The molecule has 0 bridgehead atoms. The molecule has 0 amide bonds. The Balaban J connectivity index is 2.19. The predicted octanol–water partition coefficient (Wildman–Crippen LogP) is 3.60. The molecule has 1 aromatic rings. The van der Waals surface area contributed by atoms with Crippen molar-refractivity contribution in [2.24, 2.45) is 0 Å². The molecule has 0 aromatic carbocycles. The Bertz CT molecular complexity index is 422. The number of halogens is 1. The third kappa shape index (κ3) is 3.58. The molecular weight excluding hydrogens is 255 g/mol. The highest BCUT2D eigenvalue weighted by Crippen LogP contribution is 2.28. The number of nitrogens with one attached hydrogen (secondary N) is 1. The second-order valence-corrected chi connectivity index (χ2v) is 5.42. The predicted molar refractivity (Wildman–Crippen MR) is 80.7 cm³/mol. The lowest BCUT2D eigenvalue weighted by Gasteiger charge is -2.36. The second-order valence-electron chi connectivity index (χ2n) is 5.42. The zero-order valence-electron chi connectivity index (χ0n) is 12.5. The van der Waals surface area contributed by atoms with Gasteiger partial charge in [-0.05, 0) is 32.1 Å². The Hall–Kier alpha value is -1.39. The minimum absolute atomic E-state index is 0.310. The van der Waals surface area contributed by atoms with Gasteiger partial charge in [0.2, 0.25) is 5.95 Å². The molecule has 1 fully saturated rings. The van der Waals surface area contributed by atoms with E-state index < -0.39 is 0 Å². The first-order valence-corrected chi connectivity index (χ1v) is 7.79. The van der Waals surface area contributed by atoms with Crippen molar-refractivity contribution >= 4 is 11.8 Å². The molecule has 0 spiro atoms. The Labute approximate surface area is 120 Å². The van der Waals surface area contributed by atoms with Crippen LogP contribution >= 0.6 is 0 Å². The molecule has 20 heavy (non-hydrogen) atoms. The minimum atomic E-state index is -0.310. The van der Waals surface area contributed by atoms with Crippen LogP contribution in [0.2, 0.25) is 0 Å². The van der Waals surface area contributed by atoms with Crippen LogP contribution in [-0.4, -0.2) is 29.1 Å². The summed E-state index contributed by atoms with van der Waals surface area (Å²) in [5.41, 5.74) is 0. The first kappa shape index (κ1) is 15.0. The Morgan fingerprint density at radius 2 is 2.20 bits per heavy atom. The van der Waals surface area contributed by atoms with Gasteiger partial charge in [-0.15, -0.1) is 0 Å². The van der Waals surface area contributed by atoms with Crippen LogP contribution in [0.5, 0.6) is 0 Å². The van der Waals surface area contributed by atoms with Crippen molar-refractivity contribution in [1.29, 1.82) is 0 Å². The van der Waals surface area contributed by atoms with E-state index in [-0.39, 0.29) is 5.82 Å². The van der Waals surface area contributed by atoms with Crippen LogP contribution in [0.4, 0.5) is 16.2 Å². The van der Waals surface area contributed by atoms with E-state index in [1.807, 2.05) is 0 Å². The van der Waals surface area contributed by atoms with Gasteiger partial charge in [-0.25, -0.2) is 9.37 Å². The maximum Gasteiger partial charge on any atom is 0.224 e. The molecule has 0 aliphatic carbocycles. The van der Waals surface area contributed by atoms with Crippen molar-refractivity contribution in [2.45, 2.75) is 58.4 Å². The average Bonchev–Trinajstić information content (AvgIpc) is 2.47. The van der Waals surface area contributed by atoms with Gasteiger partial charge in [-0.1, -0.05) is 20.3 Å². The third-order valence-electron chi connectivity index (χ3n) is 3.78. The van der Waals surface area contributed by atoms with Gasteiger partial charge in [0.25, 0.3) is 0 Å². The molecule has 1 saturated heterocycles. The maximum atomic E-state index is 14.1. The normalized spacial score (nSPS) is 19.1. The van der Waals surface area contributed by atoms with E-state index >= 15 is 0 Å². The zero-order valence-corrected chi connectivity index (χ0v) is 12.5. The Kier molecular flexibility index (Phi) is 5.56. The third-order valence-corrected chi connectivity index (χ3v) is 3.78. The average molecular weight is 280 g/mol. The highest BCUT2D eigenvalue weighted by Gasteiger charge is 2.25. The molecule has 0 radical (unpaired) electrons. The standard InChI is InChI=1S/C15H25FN4/c1-3-7-12-8-5-6-10-20(12)14-13(16)11-18-15(19-14)17-9-4-2/h11-12H,3-10H2,1-2H3,(H,17,18,19). The Morgan fingerprint density at radius 1 is 1.35 bits per heavy atom. The highest BCUT2D eigenvalue weighted by atomic mass is 19.1. The number of hydrogen-bond donors (Lipinski definition) is 1. The van der Waals surface area contributed by atoms with E-state index in [1.165, 1.54) is 12.6 Å². The molecule has 4 nitrogen and oxygen atoms in total.